The molecule has 1 aliphatic rings. The molecule has 0 radical (unpaired) electrons. The maximum atomic E-state index is 12.7. The lowest BCUT2D eigenvalue weighted by atomic mass is 10.1. The van der Waals surface area contributed by atoms with Crippen LogP contribution in [-0.4, -0.2) is 67.7 Å². The lowest BCUT2D eigenvalue weighted by Gasteiger charge is -2.26. The Morgan fingerprint density at radius 2 is 2.17 bits per heavy atom. The van der Waals surface area contributed by atoms with Crippen molar-refractivity contribution in [2.75, 3.05) is 45.8 Å². The zero-order valence-corrected chi connectivity index (χ0v) is 20.7. The summed E-state index contributed by atoms with van der Waals surface area (Å²) in [6, 6.07) is 4.23. The molecule has 1 aromatic rings. The van der Waals surface area contributed by atoms with Crippen molar-refractivity contribution in [1.29, 1.82) is 0 Å². The van der Waals surface area contributed by atoms with Crippen molar-refractivity contribution in [3.05, 3.63) is 22.4 Å². The van der Waals surface area contributed by atoms with Crippen LogP contribution in [0.4, 0.5) is 13.2 Å². The van der Waals surface area contributed by atoms with Gasteiger partial charge >= 0.3 is 6.18 Å². The average Bonchev–Trinajstić information content (AvgIpc) is 3.29. The normalized spacial score (nSPS) is 18.8. The summed E-state index contributed by atoms with van der Waals surface area (Å²) in [7, 11) is 0. The van der Waals surface area contributed by atoms with E-state index >= 15 is 0 Å². The largest absolute Gasteiger partial charge is 0.401 e. The van der Waals surface area contributed by atoms with Gasteiger partial charge in [0.25, 0.3) is 0 Å². The van der Waals surface area contributed by atoms with E-state index < -0.39 is 12.7 Å². The Morgan fingerprint density at radius 1 is 1.41 bits per heavy atom. The summed E-state index contributed by atoms with van der Waals surface area (Å²) in [5, 5.41) is 5.45. The third-order valence-corrected chi connectivity index (χ3v) is 5.87. The van der Waals surface area contributed by atoms with Crippen LogP contribution < -0.4 is 5.32 Å². The van der Waals surface area contributed by atoms with Gasteiger partial charge in [-0.2, -0.15) is 13.2 Å². The highest BCUT2D eigenvalue weighted by molar-refractivity contribution is 14.0. The van der Waals surface area contributed by atoms with Gasteiger partial charge in [0, 0.05) is 37.6 Å². The van der Waals surface area contributed by atoms with E-state index in [1.165, 1.54) is 9.78 Å². The van der Waals surface area contributed by atoms with Crippen LogP contribution in [0.5, 0.6) is 0 Å². The smallest absolute Gasteiger partial charge is 0.357 e. The molecule has 2 heterocycles. The van der Waals surface area contributed by atoms with Crippen molar-refractivity contribution in [2.24, 2.45) is 16.8 Å². The van der Waals surface area contributed by atoms with Gasteiger partial charge in [-0.15, -0.1) is 35.3 Å². The van der Waals surface area contributed by atoms with Crippen LogP contribution in [0.1, 0.15) is 32.1 Å². The number of guanidine groups is 1. The molecule has 0 spiro atoms. The quantitative estimate of drug-likeness (QED) is 0.277. The second-order valence-electron chi connectivity index (χ2n) is 7.63. The molecule has 1 aromatic heterocycles. The molecule has 29 heavy (non-hydrogen) atoms. The SMILES string of the molecule is CCNC(=NCC(C)Cc1cccs1)N1CCC(CN(CC)CC(F)(F)F)C1.I. The number of alkyl halides is 3. The Kier molecular flexibility index (Phi) is 11.9. The van der Waals surface area contributed by atoms with Gasteiger partial charge < -0.3 is 10.2 Å². The second-order valence-corrected chi connectivity index (χ2v) is 8.66. The van der Waals surface area contributed by atoms with Crippen molar-refractivity contribution in [1.82, 2.24) is 15.1 Å². The molecule has 9 heteroatoms. The van der Waals surface area contributed by atoms with E-state index in [2.05, 4.69) is 34.7 Å². The minimum atomic E-state index is -4.14. The first-order valence-corrected chi connectivity index (χ1v) is 11.0. The van der Waals surface area contributed by atoms with Crippen LogP contribution in [0.2, 0.25) is 0 Å². The van der Waals surface area contributed by atoms with Crippen molar-refractivity contribution < 1.29 is 13.2 Å². The van der Waals surface area contributed by atoms with Gasteiger partial charge in [-0.25, -0.2) is 0 Å². The third-order valence-electron chi connectivity index (χ3n) is 4.97. The Bertz CT molecular complexity index is 595. The molecule has 1 aliphatic heterocycles. The first-order valence-electron chi connectivity index (χ1n) is 10.2. The van der Waals surface area contributed by atoms with Gasteiger partial charge in [-0.05, 0) is 49.6 Å². The first-order chi connectivity index (χ1) is 13.3. The molecule has 0 aliphatic carbocycles. The van der Waals surface area contributed by atoms with Crippen LogP contribution in [-0.2, 0) is 6.42 Å². The van der Waals surface area contributed by atoms with E-state index in [0.29, 0.717) is 19.0 Å². The van der Waals surface area contributed by atoms with Gasteiger partial charge in [0.05, 0.1) is 6.54 Å². The number of nitrogens with zero attached hydrogens (tertiary/aromatic N) is 3. The van der Waals surface area contributed by atoms with Gasteiger partial charge in [0.2, 0.25) is 0 Å². The fraction of sp³-hybridized carbons (Fsp3) is 0.750. The van der Waals surface area contributed by atoms with Crippen LogP contribution in [0, 0.1) is 11.8 Å². The number of halogens is 4. The predicted octanol–water partition coefficient (Wildman–Crippen LogP) is 4.72. The summed E-state index contributed by atoms with van der Waals surface area (Å²) in [5.41, 5.74) is 0. The Labute approximate surface area is 194 Å². The number of thiophene rings is 1. The zero-order chi connectivity index (χ0) is 20.6. The van der Waals surface area contributed by atoms with E-state index in [9.17, 15) is 13.2 Å². The van der Waals surface area contributed by atoms with Gasteiger partial charge in [-0.1, -0.05) is 19.9 Å². The van der Waals surface area contributed by atoms with Crippen LogP contribution in [0.15, 0.2) is 22.5 Å². The topological polar surface area (TPSA) is 30.9 Å². The first kappa shape index (κ1) is 26.5. The standard InChI is InChI=1S/C20H33F3N4S.HI/c1-4-24-19(25-12-16(3)11-18-7-6-10-28-18)27-9-8-17(14-27)13-26(5-2)15-20(21,22)23;/h6-7,10,16-17H,4-5,8-9,11-15H2,1-3H3,(H,24,25);1H. The molecule has 0 aromatic carbocycles. The molecule has 1 saturated heterocycles. The van der Waals surface area contributed by atoms with E-state index in [1.54, 1.807) is 18.3 Å². The summed E-state index contributed by atoms with van der Waals surface area (Å²) in [6.07, 6.45) is -2.21. The highest BCUT2D eigenvalue weighted by Crippen LogP contribution is 2.22. The number of rotatable bonds is 9. The van der Waals surface area contributed by atoms with Gasteiger partial charge in [0.1, 0.15) is 0 Å². The number of aliphatic imine (C=N–C) groups is 1. The second kappa shape index (κ2) is 13.0. The highest BCUT2D eigenvalue weighted by Gasteiger charge is 2.33. The number of nitrogens with one attached hydrogen (secondary N) is 1. The number of likely N-dealkylation sites (tertiary alicyclic amines) is 1. The Morgan fingerprint density at radius 3 is 2.76 bits per heavy atom. The minimum Gasteiger partial charge on any atom is -0.357 e. The maximum absolute atomic E-state index is 12.7. The predicted molar refractivity (Wildman–Crippen MR) is 126 cm³/mol. The Hall–Kier alpha value is -0.550. The number of hydrogen-bond donors (Lipinski definition) is 1. The molecule has 1 fully saturated rings. The van der Waals surface area contributed by atoms with Crippen molar-refractivity contribution in [3.63, 3.8) is 0 Å². The summed E-state index contributed by atoms with van der Waals surface area (Å²) in [5.74, 6) is 1.59. The molecular weight excluding hydrogens is 512 g/mol. The molecule has 4 nitrogen and oxygen atoms in total. The lowest BCUT2D eigenvalue weighted by molar-refractivity contribution is -0.146. The molecule has 0 bridgehead atoms. The summed E-state index contributed by atoms with van der Waals surface area (Å²) < 4.78 is 38.1. The molecule has 1 N–H and O–H groups in total. The van der Waals surface area contributed by atoms with E-state index in [4.69, 9.17) is 4.99 Å². The molecule has 2 unspecified atom stereocenters. The molecule has 0 amide bonds. The van der Waals surface area contributed by atoms with Gasteiger partial charge in [0.15, 0.2) is 5.96 Å². The van der Waals surface area contributed by atoms with E-state index in [1.807, 2.05) is 6.92 Å². The van der Waals surface area contributed by atoms with E-state index in [0.717, 1.165) is 45.0 Å². The van der Waals surface area contributed by atoms with Crippen LogP contribution in [0.3, 0.4) is 0 Å². The monoisotopic (exact) mass is 546 g/mol. The van der Waals surface area contributed by atoms with Crippen LogP contribution in [0.25, 0.3) is 0 Å². The third kappa shape index (κ3) is 9.87. The maximum Gasteiger partial charge on any atom is 0.401 e. The minimum absolute atomic E-state index is 0. The lowest BCUT2D eigenvalue weighted by Crippen LogP contribution is -2.42. The zero-order valence-electron chi connectivity index (χ0n) is 17.5. The average molecular weight is 546 g/mol. The summed E-state index contributed by atoms with van der Waals surface area (Å²) in [6.45, 7) is 9.26. The van der Waals surface area contributed by atoms with E-state index in [-0.39, 0.29) is 29.9 Å². The van der Waals surface area contributed by atoms with Crippen molar-refractivity contribution in [3.8, 4) is 0 Å². The molecular formula is C20H34F3IN4S. The van der Waals surface area contributed by atoms with Crippen LogP contribution >= 0.6 is 35.3 Å². The molecule has 2 rings (SSSR count). The van der Waals surface area contributed by atoms with Crippen molar-refractivity contribution in [2.45, 2.75) is 39.8 Å². The fourth-order valence-electron chi connectivity index (χ4n) is 3.60. The molecule has 2 atom stereocenters. The summed E-state index contributed by atoms with van der Waals surface area (Å²) >= 11 is 1.77. The van der Waals surface area contributed by atoms with Gasteiger partial charge in [-0.3, -0.25) is 9.89 Å². The number of hydrogen-bond acceptors (Lipinski definition) is 3. The van der Waals surface area contributed by atoms with Crippen molar-refractivity contribution >= 4 is 41.3 Å². The highest BCUT2D eigenvalue weighted by atomic mass is 127. The summed E-state index contributed by atoms with van der Waals surface area (Å²) in [4.78, 5) is 9.89. The fourth-order valence-corrected chi connectivity index (χ4v) is 4.47. The molecule has 168 valence electrons. The molecule has 0 saturated carbocycles. The Balaban J connectivity index is 0.00000420.